The molecule has 0 bridgehead atoms. The average Bonchev–Trinajstić information content (AvgIpc) is 2.27. The van der Waals surface area contributed by atoms with Crippen LogP contribution in [0.25, 0.3) is 0 Å². The summed E-state index contributed by atoms with van der Waals surface area (Å²) in [5, 5.41) is 3.04. The molecule has 1 aromatic rings. The highest BCUT2D eigenvalue weighted by molar-refractivity contribution is 5.77. The van der Waals surface area contributed by atoms with Crippen molar-refractivity contribution in [1.82, 2.24) is 5.32 Å². The van der Waals surface area contributed by atoms with Gasteiger partial charge in [0.05, 0.1) is 6.04 Å². The number of amides is 1. The number of carbonyl (C=O) groups excluding carboxylic acids is 1. The maximum absolute atomic E-state index is 12.0. The third kappa shape index (κ3) is 2.91. The first kappa shape index (κ1) is 13.1. The molecule has 1 atom stereocenters. The number of benzene rings is 1. The van der Waals surface area contributed by atoms with E-state index in [2.05, 4.69) is 24.4 Å². The molecule has 98 valence electrons. The number of carbonyl (C=O) groups is 1. The van der Waals surface area contributed by atoms with Crippen molar-refractivity contribution in [2.24, 2.45) is 5.73 Å². The Morgan fingerprint density at radius 1 is 1.44 bits per heavy atom. The predicted octanol–water partition coefficient (Wildman–Crippen LogP) is 2.44. The summed E-state index contributed by atoms with van der Waals surface area (Å²) >= 11 is 0. The van der Waals surface area contributed by atoms with Gasteiger partial charge in [0, 0.05) is 12.0 Å². The van der Waals surface area contributed by atoms with Gasteiger partial charge in [-0.15, -0.1) is 0 Å². The smallest absolute Gasteiger partial charge is 0.222 e. The second-order valence-corrected chi connectivity index (χ2v) is 5.54. The van der Waals surface area contributed by atoms with Crippen molar-refractivity contribution in [1.29, 1.82) is 0 Å². The Hall–Kier alpha value is -1.35. The zero-order valence-electron chi connectivity index (χ0n) is 11.2. The van der Waals surface area contributed by atoms with Gasteiger partial charge in [-0.25, -0.2) is 0 Å². The molecule has 3 nitrogen and oxygen atoms in total. The molecule has 0 aromatic heterocycles. The maximum atomic E-state index is 12.0. The highest BCUT2D eigenvalue weighted by atomic mass is 16.1. The fourth-order valence-corrected chi connectivity index (χ4v) is 2.57. The lowest BCUT2D eigenvalue weighted by Crippen LogP contribution is -2.50. The fraction of sp³-hybridized carbons (Fsp3) is 0.533. The molecule has 1 aromatic carbocycles. The second kappa shape index (κ2) is 5.11. The first-order valence-electron chi connectivity index (χ1n) is 6.64. The van der Waals surface area contributed by atoms with Gasteiger partial charge in [0.25, 0.3) is 0 Å². The van der Waals surface area contributed by atoms with Gasteiger partial charge in [-0.1, -0.05) is 24.3 Å². The molecule has 0 radical (unpaired) electrons. The second-order valence-electron chi connectivity index (χ2n) is 5.54. The quantitative estimate of drug-likeness (QED) is 0.857. The Morgan fingerprint density at radius 2 is 2.11 bits per heavy atom. The average molecular weight is 246 g/mol. The third-order valence-corrected chi connectivity index (χ3v) is 3.89. The van der Waals surface area contributed by atoms with Crippen molar-refractivity contribution in [2.45, 2.75) is 51.1 Å². The van der Waals surface area contributed by atoms with Crippen LogP contribution in [0.5, 0.6) is 0 Å². The van der Waals surface area contributed by atoms with Crippen LogP contribution < -0.4 is 11.1 Å². The molecular weight excluding hydrogens is 224 g/mol. The zero-order valence-corrected chi connectivity index (χ0v) is 11.2. The van der Waals surface area contributed by atoms with Crippen molar-refractivity contribution in [3.05, 3.63) is 35.4 Å². The standard InChI is InChI=1S/C15H22N2O/c1-11-6-3-4-7-13(11)12(2)17-14(18)10-15(16)8-5-9-15/h3-4,6-7,12H,5,8-10,16H2,1-2H3,(H,17,18)/t12-/m0/s1. The number of rotatable bonds is 4. The third-order valence-electron chi connectivity index (χ3n) is 3.89. The molecule has 0 spiro atoms. The van der Waals surface area contributed by atoms with E-state index in [9.17, 15) is 4.79 Å². The number of hydrogen-bond acceptors (Lipinski definition) is 2. The predicted molar refractivity (Wildman–Crippen MR) is 73.1 cm³/mol. The highest BCUT2D eigenvalue weighted by Crippen LogP contribution is 2.32. The largest absolute Gasteiger partial charge is 0.350 e. The molecule has 3 heteroatoms. The molecule has 1 aliphatic carbocycles. The maximum Gasteiger partial charge on any atom is 0.222 e. The molecule has 1 aliphatic rings. The molecule has 0 aliphatic heterocycles. The molecule has 0 heterocycles. The number of nitrogens with one attached hydrogen (secondary N) is 1. The Labute approximate surface area is 109 Å². The molecule has 0 saturated heterocycles. The van der Waals surface area contributed by atoms with Crippen LogP contribution >= 0.6 is 0 Å². The summed E-state index contributed by atoms with van der Waals surface area (Å²) in [4.78, 5) is 12.0. The van der Waals surface area contributed by atoms with E-state index >= 15 is 0 Å². The summed E-state index contributed by atoms with van der Waals surface area (Å²) in [7, 11) is 0. The lowest BCUT2D eigenvalue weighted by atomic mass is 9.75. The van der Waals surface area contributed by atoms with Crippen molar-refractivity contribution in [3.63, 3.8) is 0 Å². The van der Waals surface area contributed by atoms with E-state index in [1.54, 1.807) is 0 Å². The van der Waals surface area contributed by atoms with Gasteiger partial charge in [0.15, 0.2) is 0 Å². The van der Waals surface area contributed by atoms with Crippen LogP contribution in [-0.4, -0.2) is 11.4 Å². The van der Waals surface area contributed by atoms with E-state index in [1.807, 2.05) is 19.1 Å². The molecule has 1 amide bonds. The Bertz CT molecular complexity index is 438. The van der Waals surface area contributed by atoms with Gasteiger partial charge in [0.2, 0.25) is 5.91 Å². The van der Waals surface area contributed by atoms with Crippen LogP contribution in [0.1, 0.15) is 49.8 Å². The van der Waals surface area contributed by atoms with Gasteiger partial charge in [-0.2, -0.15) is 0 Å². The normalized spacial score (nSPS) is 18.8. The van der Waals surface area contributed by atoms with Crippen molar-refractivity contribution in [2.75, 3.05) is 0 Å². The molecule has 1 fully saturated rings. The van der Waals surface area contributed by atoms with E-state index in [0.29, 0.717) is 6.42 Å². The summed E-state index contributed by atoms with van der Waals surface area (Å²) in [6.07, 6.45) is 3.54. The summed E-state index contributed by atoms with van der Waals surface area (Å²) < 4.78 is 0. The van der Waals surface area contributed by atoms with E-state index in [0.717, 1.165) is 19.3 Å². The Kier molecular flexibility index (Phi) is 3.71. The summed E-state index contributed by atoms with van der Waals surface area (Å²) in [6.45, 7) is 4.08. The van der Waals surface area contributed by atoms with Gasteiger partial charge < -0.3 is 11.1 Å². The van der Waals surface area contributed by atoms with Crippen LogP contribution in [0.4, 0.5) is 0 Å². The number of hydrogen-bond donors (Lipinski definition) is 2. The summed E-state index contributed by atoms with van der Waals surface area (Å²) in [5.74, 6) is 0.0629. The lowest BCUT2D eigenvalue weighted by Gasteiger charge is -2.37. The van der Waals surface area contributed by atoms with Crippen LogP contribution in [0, 0.1) is 6.92 Å². The van der Waals surface area contributed by atoms with Crippen LogP contribution in [0.15, 0.2) is 24.3 Å². The molecule has 18 heavy (non-hydrogen) atoms. The topological polar surface area (TPSA) is 55.1 Å². The minimum absolute atomic E-state index is 0.0439. The van der Waals surface area contributed by atoms with Crippen LogP contribution in [-0.2, 0) is 4.79 Å². The van der Waals surface area contributed by atoms with Gasteiger partial charge >= 0.3 is 0 Å². The molecule has 3 N–H and O–H groups in total. The molecular formula is C15H22N2O. The van der Waals surface area contributed by atoms with Gasteiger partial charge in [-0.3, -0.25) is 4.79 Å². The summed E-state index contributed by atoms with van der Waals surface area (Å²) in [5.41, 5.74) is 8.22. The highest BCUT2D eigenvalue weighted by Gasteiger charge is 2.34. The van der Waals surface area contributed by atoms with Crippen molar-refractivity contribution >= 4 is 5.91 Å². The van der Waals surface area contributed by atoms with E-state index < -0.39 is 0 Å². The summed E-state index contributed by atoms with van der Waals surface area (Å²) in [6, 6.07) is 8.18. The Balaban J connectivity index is 1.93. The fourth-order valence-electron chi connectivity index (χ4n) is 2.57. The minimum Gasteiger partial charge on any atom is -0.350 e. The van der Waals surface area contributed by atoms with E-state index in [1.165, 1.54) is 11.1 Å². The van der Waals surface area contributed by atoms with Gasteiger partial charge in [-0.05, 0) is 44.2 Å². The number of aryl methyl sites for hydroxylation is 1. The van der Waals surface area contributed by atoms with E-state index in [-0.39, 0.29) is 17.5 Å². The van der Waals surface area contributed by atoms with Crippen molar-refractivity contribution in [3.8, 4) is 0 Å². The minimum atomic E-state index is -0.241. The zero-order chi connectivity index (χ0) is 13.2. The SMILES string of the molecule is Cc1ccccc1[C@H](C)NC(=O)CC1(N)CCC1. The lowest BCUT2D eigenvalue weighted by molar-refractivity contribution is -0.123. The first-order chi connectivity index (χ1) is 8.50. The van der Waals surface area contributed by atoms with E-state index in [4.69, 9.17) is 5.73 Å². The Morgan fingerprint density at radius 3 is 2.67 bits per heavy atom. The van der Waals surface area contributed by atoms with Gasteiger partial charge in [0.1, 0.15) is 0 Å². The number of nitrogens with two attached hydrogens (primary N) is 1. The van der Waals surface area contributed by atoms with Crippen LogP contribution in [0.2, 0.25) is 0 Å². The first-order valence-corrected chi connectivity index (χ1v) is 6.64. The van der Waals surface area contributed by atoms with Crippen molar-refractivity contribution < 1.29 is 4.79 Å². The monoisotopic (exact) mass is 246 g/mol. The molecule has 2 rings (SSSR count). The molecule has 0 unspecified atom stereocenters. The molecule has 1 saturated carbocycles. The van der Waals surface area contributed by atoms with Crippen LogP contribution in [0.3, 0.4) is 0 Å².